The van der Waals surface area contributed by atoms with Crippen LogP contribution in [0.1, 0.15) is 69.7 Å². The molecule has 2 heterocycles. The van der Waals surface area contributed by atoms with Crippen molar-refractivity contribution in [3.8, 4) is 0 Å². The largest absolute Gasteiger partial charge is 0.394 e. The van der Waals surface area contributed by atoms with Gasteiger partial charge in [0, 0.05) is 30.9 Å². The number of ether oxygens (including phenoxy) is 1. The molecule has 2 fully saturated rings. The SMILES string of the molecule is [2H]c1c([2H])c([C@]2([2H])C([2H])([2H])[C@@]2([2H])Nc2nc(SCCC)nc3c2nnn3[C@]2([2H])C([2H])([2H])[C@]([2H])(OC([2H])([2H])CO)[C@@]([2H])(O)[C@@]2([2H])O)c([2H])c(F)c1C. The Hall–Kier alpha value is -2.38. The second-order valence-electron chi connectivity index (χ2n) is 7.47. The summed E-state index contributed by atoms with van der Waals surface area (Å²) < 4.78 is 147. The summed E-state index contributed by atoms with van der Waals surface area (Å²) in [6.07, 6.45) is -19.0. The zero-order valence-electron chi connectivity index (χ0n) is 33.9. The zero-order valence-corrected chi connectivity index (χ0v) is 19.7. The molecule has 12 heteroatoms. The normalized spacial score (nSPS) is 49.1. The van der Waals surface area contributed by atoms with Crippen LogP contribution in [-0.4, -0.2) is 83.5 Å². The van der Waals surface area contributed by atoms with E-state index in [1.54, 1.807) is 6.92 Å². The maximum atomic E-state index is 14.9. The standard InChI is InChI=1S/C24H31FN6O4S/c1-3-8-36-24-27-22(26-16-10-14(16)13-5-4-12(2)15(25)9-13)19-23(28-24)31(30-29-19)17-11-18(35-7-6-32)21(34)20(17)33/h4-5,9,14,16-18,20-21,32-34H,3,6-8,10-11H2,1-2H3,(H,26,27,28)/t14-,16+,17+,18-,20-,21+/m0/s1/i4D,5D,7D2,9D,10D2,11D2,14D,16D,17D,18D,20D,21D. The van der Waals surface area contributed by atoms with E-state index in [1.165, 1.54) is 0 Å². The molecule has 0 unspecified atom stereocenters. The first-order valence-corrected chi connectivity index (χ1v) is 11.6. The fraction of sp³-hybridized carbons (Fsp3) is 0.583. The molecule has 0 aliphatic heterocycles. The molecule has 6 atom stereocenters. The van der Waals surface area contributed by atoms with Crippen molar-refractivity contribution >= 4 is 28.7 Å². The second-order valence-corrected chi connectivity index (χ2v) is 8.53. The van der Waals surface area contributed by atoms with Gasteiger partial charge in [0.1, 0.15) is 18.0 Å². The summed E-state index contributed by atoms with van der Waals surface area (Å²) in [4.78, 5) is 8.35. The highest BCUT2D eigenvalue weighted by Crippen LogP contribution is 2.44. The van der Waals surface area contributed by atoms with Gasteiger partial charge in [0.05, 0.1) is 39.0 Å². The lowest BCUT2D eigenvalue weighted by molar-refractivity contribution is -0.0629. The Morgan fingerprint density at radius 3 is 2.97 bits per heavy atom. The summed E-state index contributed by atoms with van der Waals surface area (Å²) in [5.74, 6) is -4.60. The molecule has 0 amide bonds. The predicted molar refractivity (Wildman–Crippen MR) is 133 cm³/mol. The molecule has 0 radical (unpaired) electrons. The molecular weight excluding hydrogens is 487 g/mol. The van der Waals surface area contributed by atoms with E-state index in [9.17, 15) is 19.7 Å². The number of nitrogens with one attached hydrogen (secondary N) is 1. The summed E-state index contributed by atoms with van der Waals surface area (Å²) in [6.45, 7) is -2.02. The molecule has 0 saturated heterocycles. The number of anilines is 1. The van der Waals surface area contributed by atoms with Crippen molar-refractivity contribution in [3.05, 3.63) is 35.1 Å². The highest BCUT2D eigenvalue weighted by molar-refractivity contribution is 7.99. The van der Waals surface area contributed by atoms with Gasteiger partial charge < -0.3 is 25.4 Å². The van der Waals surface area contributed by atoms with E-state index in [1.807, 2.05) is 0 Å². The predicted octanol–water partition coefficient (Wildman–Crippen LogP) is 2.18. The van der Waals surface area contributed by atoms with Gasteiger partial charge in [0.15, 0.2) is 22.1 Å². The summed E-state index contributed by atoms with van der Waals surface area (Å²) in [7, 11) is 0. The number of hydrogen-bond donors (Lipinski definition) is 4. The van der Waals surface area contributed by atoms with Crippen molar-refractivity contribution in [3.63, 3.8) is 0 Å². The fourth-order valence-electron chi connectivity index (χ4n) is 3.13. The Morgan fingerprint density at radius 1 is 1.36 bits per heavy atom. The Bertz CT molecular complexity index is 1910. The molecule has 1 aromatic carbocycles. The minimum absolute atomic E-state index is 0.0868. The lowest BCUT2D eigenvalue weighted by Gasteiger charge is -2.17. The first-order valence-electron chi connectivity index (χ1n) is 18.1. The van der Waals surface area contributed by atoms with Crippen LogP contribution < -0.4 is 5.32 Å². The molecule has 2 saturated carbocycles. The minimum atomic E-state index is -4.21. The van der Waals surface area contributed by atoms with Crippen molar-refractivity contribution in [2.24, 2.45) is 0 Å². The van der Waals surface area contributed by atoms with Crippen LogP contribution in [0.3, 0.4) is 0 Å². The lowest BCUT2D eigenvalue weighted by Crippen LogP contribution is -2.33. The van der Waals surface area contributed by atoms with Crippen LogP contribution in [0.2, 0.25) is 0 Å². The zero-order chi connectivity index (χ0) is 38.9. The van der Waals surface area contributed by atoms with Crippen LogP contribution in [0.4, 0.5) is 10.2 Å². The molecule has 194 valence electrons. The van der Waals surface area contributed by atoms with Crippen LogP contribution in [0.5, 0.6) is 0 Å². The molecular formula is C24H31FN6O4S. The van der Waals surface area contributed by atoms with Gasteiger partial charge in [0.25, 0.3) is 0 Å². The third-order valence-electron chi connectivity index (χ3n) is 4.93. The van der Waals surface area contributed by atoms with Gasteiger partial charge in [-0.05, 0) is 36.9 Å². The van der Waals surface area contributed by atoms with E-state index in [0.717, 1.165) is 18.7 Å². The summed E-state index contributed by atoms with van der Waals surface area (Å²) >= 11 is 0.909. The molecule has 0 spiro atoms. The van der Waals surface area contributed by atoms with E-state index >= 15 is 0 Å². The van der Waals surface area contributed by atoms with Crippen molar-refractivity contribution in [1.82, 2.24) is 25.0 Å². The third kappa shape index (κ3) is 4.92. The van der Waals surface area contributed by atoms with Gasteiger partial charge in [-0.25, -0.2) is 19.0 Å². The molecule has 36 heavy (non-hydrogen) atoms. The topological polar surface area (TPSA) is 138 Å². The van der Waals surface area contributed by atoms with Gasteiger partial charge in [-0.2, -0.15) is 0 Å². The number of aliphatic hydroxyl groups is 3. The van der Waals surface area contributed by atoms with Gasteiger partial charge in [0.2, 0.25) is 0 Å². The number of rotatable bonds is 10. The number of aromatic nitrogens is 5. The highest BCUT2D eigenvalue weighted by Gasteiger charge is 2.45. The average Bonchev–Trinajstić information content (AvgIpc) is 3.31. The maximum absolute atomic E-state index is 14.9. The number of halogens is 1. The summed E-state index contributed by atoms with van der Waals surface area (Å²) in [6, 6.07) is -9.50. The quantitative estimate of drug-likeness (QED) is 0.227. The van der Waals surface area contributed by atoms with E-state index in [4.69, 9.17) is 20.6 Å². The molecule has 3 aromatic rings. The summed E-state index contributed by atoms with van der Waals surface area (Å²) in [5, 5.41) is 41.1. The number of fused-ring (bicyclic) bond motifs is 1. The van der Waals surface area contributed by atoms with E-state index in [0.29, 0.717) is 12.2 Å². The van der Waals surface area contributed by atoms with Crippen LogP contribution in [0.25, 0.3) is 11.2 Å². The van der Waals surface area contributed by atoms with Crippen LogP contribution in [0.15, 0.2) is 23.3 Å². The van der Waals surface area contributed by atoms with Crippen LogP contribution >= 0.6 is 11.8 Å². The van der Waals surface area contributed by atoms with Gasteiger partial charge in [-0.15, -0.1) is 5.10 Å². The molecule has 2 aliphatic rings. The Kier molecular flexibility index (Phi) is 3.78. The summed E-state index contributed by atoms with van der Waals surface area (Å²) in [5.41, 5.74) is -2.76. The molecule has 10 nitrogen and oxygen atoms in total. The fourth-order valence-corrected chi connectivity index (χ4v) is 3.83. The molecule has 2 aromatic heterocycles. The Labute approximate surface area is 233 Å². The minimum Gasteiger partial charge on any atom is -0.394 e. The van der Waals surface area contributed by atoms with Gasteiger partial charge in [-0.3, -0.25) is 0 Å². The third-order valence-corrected chi connectivity index (χ3v) is 5.98. The number of nitrogens with zero attached hydrogens (tertiary/aromatic N) is 5. The number of aliphatic hydroxyl groups excluding tert-OH is 1. The van der Waals surface area contributed by atoms with Gasteiger partial charge >= 0.3 is 0 Å². The lowest BCUT2D eigenvalue weighted by atomic mass is 10.1. The van der Waals surface area contributed by atoms with E-state index in [-0.39, 0.29) is 9.84 Å². The first-order chi connectivity index (χ1) is 23.1. The number of thioether (sulfide) groups is 1. The Balaban J connectivity index is 1.74. The van der Waals surface area contributed by atoms with Crippen molar-refractivity contribution in [2.75, 3.05) is 24.2 Å². The van der Waals surface area contributed by atoms with Crippen LogP contribution in [0, 0.1) is 12.7 Å². The molecule has 4 N–H and O–H groups in total. The smallest absolute Gasteiger partial charge is 0.191 e. The molecule has 2 aliphatic carbocycles. The first kappa shape index (κ1) is 12.9. The van der Waals surface area contributed by atoms with E-state index < -0.39 is 114 Å². The van der Waals surface area contributed by atoms with Crippen molar-refractivity contribution in [2.45, 2.75) is 74.3 Å². The highest BCUT2D eigenvalue weighted by atomic mass is 32.2. The second kappa shape index (κ2) is 10.5. The van der Waals surface area contributed by atoms with Crippen molar-refractivity contribution < 1.29 is 45.0 Å². The monoisotopic (exact) mass is 533 g/mol. The Morgan fingerprint density at radius 2 is 2.19 bits per heavy atom. The number of hydrogen-bond acceptors (Lipinski definition) is 10. The van der Waals surface area contributed by atoms with Crippen molar-refractivity contribution in [1.29, 1.82) is 0 Å². The number of benzene rings is 1. The maximum Gasteiger partial charge on any atom is 0.191 e. The molecule has 0 bridgehead atoms. The van der Waals surface area contributed by atoms with Gasteiger partial charge in [-0.1, -0.05) is 36.0 Å². The average molecular weight is 534 g/mol. The molecule has 5 rings (SSSR count). The van der Waals surface area contributed by atoms with Crippen LogP contribution in [-0.2, 0) is 4.74 Å². The van der Waals surface area contributed by atoms with E-state index in [2.05, 4.69) is 30.3 Å².